The van der Waals surface area contributed by atoms with Gasteiger partial charge in [-0.05, 0) is 48.1 Å². The zero-order valence-electron chi connectivity index (χ0n) is 18.7. The van der Waals surface area contributed by atoms with Gasteiger partial charge in [-0.1, -0.05) is 30.3 Å². The van der Waals surface area contributed by atoms with Crippen LogP contribution in [-0.2, 0) is 12.8 Å². The van der Waals surface area contributed by atoms with Crippen LogP contribution in [0.2, 0.25) is 0 Å². The van der Waals surface area contributed by atoms with Gasteiger partial charge in [-0.2, -0.15) is 0 Å². The fraction of sp³-hybridized carbons (Fsp3) is 0.280. The Hall–Kier alpha value is -3.94. The minimum atomic E-state index is -0.146. The van der Waals surface area contributed by atoms with Crippen LogP contribution in [-0.4, -0.2) is 54.1 Å². The van der Waals surface area contributed by atoms with Gasteiger partial charge in [-0.3, -0.25) is 14.8 Å². The van der Waals surface area contributed by atoms with E-state index in [2.05, 4.69) is 50.6 Å². The highest BCUT2D eigenvalue weighted by Crippen LogP contribution is 2.21. The number of amides is 1. The number of aliphatic imine (C=N–C) groups is 2. The van der Waals surface area contributed by atoms with Crippen molar-refractivity contribution in [1.29, 1.82) is 0 Å². The summed E-state index contributed by atoms with van der Waals surface area (Å²) in [6, 6.07) is 12.2. The summed E-state index contributed by atoms with van der Waals surface area (Å²) >= 11 is 0. The van der Waals surface area contributed by atoms with E-state index in [9.17, 15) is 4.79 Å². The SMILES string of the molecule is C/N=C(\N=C/C1=CCCN(C(=O)c2cc(/C(N)=C/N)ccn2)C1)NC1Cc2ccccc2C1. The molecule has 2 aliphatic rings. The number of benzene rings is 1. The monoisotopic (exact) mass is 443 g/mol. The molecule has 5 N–H and O–H groups in total. The van der Waals surface area contributed by atoms with Crippen molar-refractivity contribution in [3.63, 3.8) is 0 Å². The zero-order chi connectivity index (χ0) is 23.2. The van der Waals surface area contributed by atoms with Crippen molar-refractivity contribution < 1.29 is 4.79 Å². The number of carbonyl (C=O) groups excluding carboxylic acids is 1. The van der Waals surface area contributed by atoms with Crippen LogP contribution in [0.25, 0.3) is 5.70 Å². The van der Waals surface area contributed by atoms with Crippen LogP contribution in [0.4, 0.5) is 0 Å². The van der Waals surface area contributed by atoms with E-state index in [0.717, 1.165) is 24.8 Å². The summed E-state index contributed by atoms with van der Waals surface area (Å²) in [7, 11) is 1.73. The molecule has 2 aromatic rings. The van der Waals surface area contributed by atoms with Crippen molar-refractivity contribution in [2.75, 3.05) is 20.1 Å². The van der Waals surface area contributed by atoms with E-state index >= 15 is 0 Å². The molecule has 0 saturated carbocycles. The molecular formula is C25H29N7O. The molecule has 8 nitrogen and oxygen atoms in total. The van der Waals surface area contributed by atoms with Gasteiger partial charge < -0.3 is 21.7 Å². The number of hydrogen-bond acceptors (Lipinski definition) is 5. The van der Waals surface area contributed by atoms with E-state index in [-0.39, 0.29) is 11.9 Å². The Balaban J connectivity index is 1.37. The largest absolute Gasteiger partial charge is 0.403 e. The Morgan fingerprint density at radius 1 is 1.24 bits per heavy atom. The summed E-state index contributed by atoms with van der Waals surface area (Å²) in [4.78, 5) is 27.8. The molecule has 1 aromatic carbocycles. The van der Waals surface area contributed by atoms with Crippen molar-refractivity contribution in [1.82, 2.24) is 15.2 Å². The third-order valence-electron chi connectivity index (χ3n) is 5.91. The second-order valence-corrected chi connectivity index (χ2v) is 8.17. The Morgan fingerprint density at radius 2 is 2.00 bits per heavy atom. The first-order chi connectivity index (χ1) is 16.1. The number of hydrogen-bond donors (Lipinski definition) is 3. The second-order valence-electron chi connectivity index (χ2n) is 8.17. The van der Waals surface area contributed by atoms with Crippen molar-refractivity contribution >= 4 is 23.8 Å². The lowest BCUT2D eigenvalue weighted by Crippen LogP contribution is -2.37. The molecule has 1 aliphatic carbocycles. The summed E-state index contributed by atoms with van der Waals surface area (Å²) in [5.74, 6) is 0.447. The van der Waals surface area contributed by atoms with E-state index in [1.54, 1.807) is 36.5 Å². The highest BCUT2D eigenvalue weighted by atomic mass is 16.2. The van der Waals surface area contributed by atoms with Crippen molar-refractivity contribution in [2.45, 2.75) is 25.3 Å². The standard InChI is InChI=1S/C25H29N7O/c1-28-25(31-21-11-18-6-2-3-7-19(18)12-21)30-15-17-5-4-10-32(16-17)24(33)23-13-20(8-9-29-23)22(27)14-26/h2-3,5-9,13-15,21H,4,10-12,16,26-27H2,1H3,(H,28,31)/b22-14-,30-15-. The number of rotatable bonds is 4. The molecule has 2 heterocycles. The normalized spacial score (nSPS) is 17.2. The average molecular weight is 444 g/mol. The average Bonchev–Trinajstić information content (AvgIpc) is 3.28. The molecule has 0 bridgehead atoms. The van der Waals surface area contributed by atoms with Gasteiger partial charge in [0.25, 0.3) is 5.91 Å². The van der Waals surface area contributed by atoms with E-state index in [1.807, 2.05) is 0 Å². The maximum atomic E-state index is 13.0. The van der Waals surface area contributed by atoms with E-state index in [4.69, 9.17) is 11.5 Å². The fourth-order valence-corrected chi connectivity index (χ4v) is 4.17. The van der Waals surface area contributed by atoms with Crippen LogP contribution in [0, 0.1) is 0 Å². The first-order valence-corrected chi connectivity index (χ1v) is 11.0. The van der Waals surface area contributed by atoms with Gasteiger partial charge in [0, 0.05) is 50.4 Å². The number of nitrogens with two attached hydrogens (primary N) is 2. The Labute approximate surface area is 193 Å². The molecule has 0 spiro atoms. The maximum absolute atomic E-state index is 13.0. The summed E-state index contributed by atoms with van der Waals surface area (Å²) in [6.07, 6.45) is 9.45. The number of nitrogens with one attached hydrogen (secondary N) is 1. The minimum absolute atomic E-state index is 0.146. The number of guanidine groups is 1. The molecule has 0 atom stereocenters. The minimum Gasteiger partial charge on any atom is -0.403 e. The predicted octanol–water partition coefficient (Wildman–Crippen LogP) is 1.88. The first-order valence-electron chi connectivity index (χ1n) is 11.0. The molecule has 0 unspecified atom stereocenters. The number of fused-ring (bicyclic) bond motifs is 1. The zero-order valence-corrected chi connectivity index (χ0v) is 18.7. The van der Waals surface area contributed by atoms with Gasteiger partial charge in [-0.15, -0.1) is 0 Å². The third kappa shape index (κ3) is 5.28. The smallest absolute Gasteiger partial charge is 0.272 e. The molecule has 0 radical (unpaired) electrons. The van der Waals surface area contributed by atoms with Crippen LogP contribution < -0.4 is 16.8 Å². The van der Waals surface area contributed by atoms with Crippen LogP contribution in [0.3, 0.4) is 0 Å². The van der Waals surface area contributed by atoms with E-state index in [0.29, 0.717) is 36.0 Å². The lowest BCUT2D eigenvalue weighted by atomic mass is 10.1. The quantitative estimate of drug-likeness (QED) is 0.492. The molecule has 0 saturated heterocycles. The Kier molecular flexibility index (Phi) is 6.83. The molecule has 4 rings (SSSR count). The molecule has 1 amide bonds. The van der Waals surface area contributed by atoms with Gasteiger partial charge in [0.2, 0.25) is 5.96 Å². The highest BCUT2D eigenvalue weighted by Gasteiger charge is 2.22. The van der Waals surface area contributed by atoms with Crippen LogP contribution >= 0.6 is 0 Å². The fourth-order valence-electron chi connectivity index (χ4n) is 4.17. The first kappa shape index (κ1) is 22.3. The molecular weight excluding hydrogens is 414 g/mol. The summed E-state index contributed by atoms with van der Waals surface area (Å²) in [6.45, 7) is 1.08. The van der Waals surface area contributed by atoms with Crippen LogP contribution in [0.5, 0.6) is 0 Å². The topological polar surface area (TPSA) is 122 Å². The van der Waals surface area contributed by atoms with Crippen LogP contribution in [0.1, 0.15) is 33.6 Å². The Morgan fingerprint density at radius 3 is 2.70 bits per heavy atom. The van der Waals surface area contributed by atoms with E-state index in [1.165, 1.54) is 17.3 Å². The number of aromatic nitrogens is 1. The van der Waals surface area contributed by atoms with Gasteiger partial charge in [0.1, 0.15) is 5.69 Å². The van der Waals surface area contributed by atoms with E-state index < -0.39 is 0 Å². The van der Waals surface area contributed by atoms with Gasteiger partial charge in [-0.25, -0.2) is 4.99 Å². The third-order valence-corrected chi connectivity index (χ3v) is 5.91. The molecule has 1 aliphatic heterocycles. The number of pyridine rings is 1. The van der Waals surface area contributed by atoms with Gasteiger partial charge >= 0.3 is 0 Å². The lowest BCUT2D eigenvalue weighted by Gasteiger charge is -2.26. The highest BCUT2D eigenvalue weighted by molar-refractivity contribution is 5.96. The summed E-state index contributed by atoms with van der Waals surface area (Å²) < 4.78 is 0. The number of carbonyl (C=O) groups is 1. The Bertz CT molecular complexity index is 1120. The van der Waals surface area contributed by atoms with Crippen molar-refractivity contribution in [3.8, 4) is 0 Å². The van der Waals surface area contributed by atoms with Gasteiger partial charge in [0.05, 0.1) is 5.70 Å². The number of nitrogens with zero attached hydrogens (tertiary/aromatic N) is 4. The summed E-state index contributed by atoms with van der Waals surface area (Å²) in [5, 5.41) is 3.44. The van der Waals surface area contributed by atoms with Gasteiger partial charge in [0.15, 0.2) is 0 Å². The molecule has 1 aromatic heterocycles. The molecule has 8 heteroatoms. The van der Waals surface area contributed by atoms with Crippen molar-refractivity contribution in [3.05, 3.63) is 82.8 Å². The predicted molar refractivity (Wildman–Crippen MR) is 132 cm³/mol. The van der Waals surface area contributed by atoms with Crippen LogP contribution in [0.15, 0.2) is 70.4 Å². The molecule has 170 valence electrons. The summed E-state index contributed by atoms with van der Waals surface area (Å²) in [5.41, 5.74) is 16.5. The maximum Gasteiger partial charge on any atom is 0.272 e. The second kappa shape index (κ2) is 10.1. The van der Waals surface area contributed by atoms with Crippen molar-refractivity contribution in [2.24, 2.45) is 21.5 Å². The molecule has 33 heavy (non-hydrogen) atoms. The molecule has 0 fully saturated rings. The lowest BCUT2D eigenvalue weighted by molar-refractivity contribution is 0.0763.